The lowest BCUT2D eigenvalue weighted by Crippen LogP contribution is -2.23. The normalized spacial score (nSPS) is 15.5. The Bertz CT molecular complexity index is 3060. The fraction of sp³-hybridized carbons (Fsp3) is 0.0385. The minimum atomic E-state index is 0.428. The summed E-state index contributed by atoms with van der Waals surface area (Å²) in [4.78, 5) is 2.38. The topological polar surface area (TPSA) is 16.4 Å². The Balaban J connectivity index is 1.18. The number of hydrogen-bond donors (Lipinski definition) is 0. The van der Waals surface area contributed by atoms with Gasteiger partial charge in [0.1, 0.15) is 11.2 Å². The van der Waals surface area contributed by atoms with E-state index in [0.29, 0.717) is 5.92 Å². The molecule has 0 fully saturated rings. The Morgan fingerprint density at radius 3 is 2.31 bits per heavy atom. The van der Waals surface area contributed by atoms with E-state index in [1.54, 1.807) is 0 Å². The van der Waals surface area contributed by atoms with Gasteiger partial charge in [-0.2, -0.15) is 0 Å². The zero-order valence-corrected chi connectivity index (χ0v) is 29.9. The van der Waals surface area contributed by atoms with Gasteiger partial charge in [0.25, 0.3) is 0 Å². The Kier molecular flexibility index (Phi) is 7.63. The molecule has 0 N–H and O–H groups in total. The third-order valence-electron chi connectivity index (χ3n) is 11.0. The summed E-state index contributed by atoms with van der Waals surface area (Å²) in [6.45, 7) is 8.27. The molecule has 54 heavy (non-hydrogen) atoms. The van der Waals surface area contributed by atoms with Crippen molar-refractivity contribution < 1.29 is 4.42 Å². The van der Waals surface area contributed by atoms with Gasteiger partial charge < -0.3 is 9.32 Å². The van der Waals surface area contributed by atoms with Crippen LogP contribution in [0.15, 0.2) is 193 Å². The number of allylic oxidation sites excluding steroid dienone is 9. The van der Waals surface area contributed by atoms with Crippen LogP contribution >= 0.6 is 0 Å². The average molecular weight is 692 g/mol. The van der Waals surface area contributed by atoms with Gasteiger partial charge >= 0.3 is 0 Å². The Labute approximate surface area is 314 Å². The van der Waals surface area contributed by atoms with Crippen molar-refractivity contribution in [2.45, 2.75) is 6.42 Å². The van der Waals surface area contributed by atoms with Crippen molar-refractivity contribution >= 4 is 78.8 Å². The van der Waals surface area contributed by atoms with E-state index < -0.39 is 0 Å². The monoisotopic (exact) mass is 691 g/mol. The molecule has 1 aromatic heterocycles. The van der Waals surface area contributed by atoms with Crippen LogP contribution in [0.1, 0.15) is 12.0 Å². The van der Waals surface area contributed by atoms with Crippen molar-refractivity contribution in [2.24, 2.45) is 5.92 Å². The smallest absolute Gasteiger partial charge is 0.143 e. The molecule has 1 heterocycles. The van der Waals surface area contributed by atoms with E-state index in [9.17, 15) is 0 Å². The van der Waals surface area contributed by atoms with Crippen LogP contribution in [-0.2, 0) is 0 Å². The van der Waals surface area contributed by atoms with E-state index >= 15 is 0 Å². The number of fused-ring (bicyclic) bond motifs is 6. The van der Waals surface area contributed by atoms with Crippen LogP contribution in [0.2, 0.25) is 0 Å². The first-order valence-electron chi connectivity index (χ1n) is 18.6. The SMILES string of the molecule is C=C/C=c1\c(=C)ccc2cc(N(c3ccc(C4=C5C=CC=CC5CC=C4)cc3)c3ccccc3-c3cccc4c3oc3cc5ccccc5cc34)ccc12. The number of para-hydroxylation sites is 2. The second-order valence-electron chi connectivity index (χ2n) is 14.2. The lowest BCUT2D eigenvalue weighted by molar-refractivity contribution is 0.670. The first-order chi connectivity index (χ1) is 26.6. The van der Waals surface area contributed by atoms with Gasteiger partial charge in [-0.05, 0) is 97.6 Å². The Morgan fingerprint density at radius 2 is 1.44 bits per heavy atom. The standard InChI is InChI=1S/C52H37NO/c1-3-12-42-34(2)23-24-39-31-41(29-30-45(39)42)53(40-27-25-36(26-28-40)44-19-10-16-35-13-6-7-17-43(35)44)50-22-9-8-18-46(50)47-20-11-21-48-49-32-37-14-4-5-15-38(37)33-51(49)54-52(47)48/h3-15,17-33,35H,1-2,16H2/b42-12+. The fourth-order valence-electron chi connectivity index (χ4n) is 8.42. The first-order valence-corrected chi connectivity index (χ1v) is 18.6. The molecule has 2 heteroatoms. The van der Waals surface area contributed by atoms with Crippen molar-refractivity contribution in [1.29, 1.82) is 0 Å². The summed E-state index contributed by atoms with van der Waals surface area (Å²) < 4.78 is 6.77. The van der Waals surface area contributed by atoms with Crippen molar-refractivity contribution in [1.82, 2.24) is 0 Å². The highest BCUT2D eigenvalue weighted by Crippen LogP contribution is 2.45. The minimum absolute atomic E-state index is 0.428. The number of benzene rings is 7. The maximum Gasteiger partial charge on any atom is 0.143 e. The molecule has 0 aliphatic heterocycles. The van der Waals surface area contributed by atoms with Crippen LogP contribution in [0.4, 0.5) is 17.1 Å². The molecular formula is C52H37NO. The number of nitrogens with zero attached hydrogens (tertiary/aromatic N) is 1. The van der Waals surface area contributed by atoms with Gasteiger partial charge in [0.05, 0.1) is 5.69 Å². The average Bonchev–Trinajstić information content (AvgIpc) is 3.59. The van der Waals surface area contributed by atoms with Crippen molar-refractivity contribution in [3.63, 3.8) is 0 Å². The summed E-state index contributed by atoms with van der Waals surface area (Å²) in [6, 6.07) is 48.1. The zero-order chi connectivity index (χ0) is 36.2. The minimum Gasteiger partial charge on any atom is -0.455 e. The van der Waals surface area contributed by atoms with Gasteiger partial charge in [-0.25, -0.2) is 0 Å². The summed E-state index contributed by atoms with van der Waals surface area (Å²) in [5, 5.41) is 8.97. The molecule has 0 saturated heterocycles. The quantitative estimate of drug-likeness (QED) is 0.173. The molecule has 10 rings (SSSR count). The van der Waals surface area contributed by atoms with Crippen LogP contribution in [0, 0.1) is 5.92 Å². The summed E-state index contributed by atoms with van der Waals surface area (Å²) in [7, 11) is 0. The van der Waals surface area contributed by atoms with E-state index in [0.717, 1.165) is 77.8 Å². The molecule has 0 spiro atoms. The van der Waals surface area contributed by atoms with Gasteiger partial charge in [0.15, 0.2) is 0 Å². The van der Waals surface area contributed by atoms with Crippen molar-refractivity contribution in [2.75, 3.05) is 4.90 Å². The maximum absolute atomic E-state index is 6.77. The third kappa shape index (κ3) is 5.26. The van der Waals surface area contributed by atoms with Crippen LogP contribution in [0.5, 0.6) is 0 Å². The maximum atomic E-state index is 6.77. The molecule has 7 aromatic carbocycles. The molecule has 1 atom stereocenters. The van der Waals surface area contributed by atoms with Crippen LogP contribution in [0.3, 0.4) is 0 Å². The van der Waals surface area contributed by atoms with Crippen molar-refractivity contribution in [3.05, 3.63) is 204 Å². The number of anilines is 3. The van der Waals surface area contributed by atoms with Gasteiger partial charge in [-0.1, -0.05) is 153 Å². The van der Waals surface area contributed by atoms with E-state index in [2.05, 4.69) is 188 Å². The highest BCUT2D eigenvalue weighted by molar-refractivity contribution is 6.14. The molecule has 8 aromatic rings. The summed E-state index contributed by atoms with van der Waals surface area (Å²) in [5.41, 5.74) is 11.0. The molecule has 2 nitrogen and oxygen atoms in total. The molecule has 1 unspecified atom stereocenters. The van der Waals surface area contributed by atoms with Crippen molar-refractivity contribution in [3.8, 4) is 11.1 Å². The number of hydrogen-bond acceptors (Lipinski definition) is 2. The van der Waals surface area contributed by atoms with Crippen LogP contribution in [0.25, 0.3) is 72.8 Å². The lowest BCUT2D eigenvalue weighted by atomic mass is 9.82. The fourth-order valence-corrected chi connectivity index (χ4v) is 8.42. The molecule has 256 valence electrons. The summed E-state index contributed by atoms with van der Waals surface area (Å²) >= 11 is 0. The van der Waals surface area contributed by atoms with Gasteiger partial charge in [-0.15, -0.1) is 0 Å². The molecule has 0 radical (unpaired) electrons. The first kappa shape index (κ1) is 31.8. The third-order valence-corrected chi connectivity index (χ3v) is 11.0. The highest BCUT2D eigenvalue weighted by Gasteiger charge is 2.22. The second kappa shape index (κ2) is 12.9. The predicted molar refractivity (Wildman–Crippen MR) is 231 cm³/mol. The van der Waals surface area contributed by atoms with Crippen LogP contribution in [-0.4, -0.2) is 0 Å². The zero-order valence-electron chi connectivity index (χ0n) is 29.9. The van der Waals surface area contributed by atoms with E-state index in [1.807, 2.05) is 12.2 Å². The van der Waals surface area contributed by atoms with E-state index in [4.69, 9.17) is 4.42 Å². The number of rotatable bonds is 6. The summed E-state index contributed by atoms with van der Waals surface area (Å²) in [5.74, 6) is 0.428. The highest BCUT2D eigenvalue weighted by atomic mass is 16.3. The van der Waals surface area contributed by atoms with Gasteiger partial charge in [0, 0.05) is 39.2 Å². The Morgan fingerprint density at radius 1 is 0.648 bits per heavy atom. The molecule has 0 amide bonds. The summed E-state index contributed by atoms with van der Waals surface area (Å²) in [6.07, 6.45) is 18.4. The number of furan rings is 1. The second-order valence-corrected chi connectivity index (χ2v) is 14.2. The van der Waals surface area contributed by atoms with Crippen LogP contribution < -0.4 is 15.3 Å². The van der Waals surface area contributed by atoms with E-state index in [1.165, 1.54) is 27.5 Å². The predicted octanol–water partition coefficient (Wildman–Crippen LogP) is 12.9. The molecule has 0 bridgehead atoms. The molecule has 0 saturated carbocycles. The largest absolute Gasteiger partial charge is 0.455 e. The van der Waals surface area contributed by atoms with E-state index in [-0.39, 0.29) is 0 Å². The lowest BCUT2D eigenvalue weighted by Gasteiger charge is -2.29. The Hall–Kier alpha value is -6.90. The van der Waals surface area contributed by atoms with Gasteiger partial charge in [-0.3, -0.25) is 0 Å². The molecular weight excluding hydrogens is 655 g/mol. The van der Waals surface area contributed by atoms with Gasteiger partial charge in [0.2, 0.25) is 0 Å². The molecule has 2 aliphatic rings. The molecule has 2 aliphatic carbocycles.